The second kappa shape index (κ2) is 8.84. The molecule has 2 heterocycles. The summed E-state index contributed by atoms with van der Waals surface area (Å²) in [7, 11) is 0. The van der Waals surface area contributed by atoms with Gasteiger partial charge in [-0.3, -0.25) is 4.79 Å². The standard InChI is InChI=1S/C22H22F3N3O2S/c23-22(24,25)14-5-6-19-17(13-14)27-21(31-19)8-7-20(30)26-16-3-1-2-4-18(16)28-11-9-15(29)10-12-28/h1-6,13,15,29H,7-12H2,(H,26,30). The number of aromatic nitrogens is 1. The first kappa shape index (κ1) is 21.6. The van der Waals surface area contributed by atoms with E-state index in [2.05, 4.69) is 15.2 Å². The lowest BCUT2D eigenvalue weighted by Crippen LogP contribution is -2.36. The first-order valence-electron chi connectivity index (χ1n) is 10.1. The van der Waals surface area contributed by atoms with Gasteiger partial charge in [0.1, 0.15) is 0 Å². The van der Waals surface area contributed by atoms with Crippen molar-refractivity contribution >= 4 is 38.8 Å². The number of carbonyl (C=O) groups is 1. The van der Waals surface area contributed by atoms with Gasteiger partial charge in [0.05, 0.1) is 38.3 Å². The predicted molar refractivity (Wildman–Crippen MR) is 115 cm³/mol. The first-order chi connectivity index (χ1) is 14.8. The fraction of sp³-hybridized carbons (Fsp3) is 0.364. The molecule has 9 heteroatoms. The van der Waals surface area contributed by atoms with Crippen molar-refractivity contribution in [3.8, 4) is 0 Å². The van der Waals surface area contributed by atoms with Gasteiger partial charge in [0.2, 0.25) is 5.91 Å². The molecule has 0 atom stereocenters. The van der Waals surface area contributed by atoms with E-state index in [4.69, 9.17) is 0 Å². The smallest absolute Gasteiger partial charge is 0.393 e. The van der Waals surface area contributed by atoms with Crippen molar-refractivity contribution in [2.24, 2.45) is 0 Å². The van der Waals surface area contributed by atoms with Gasteiger partial charge in [-0.05, 0) is 43.2 Å². The third-order valence-corrected chi connectivity index (χ3v) is 6.40. The molecule has 3 aromatic rings. The van der Waals surface area contributed by atoms with Crippen LogP contribution in [0.1, 0.15) is 29.8 Å². The lowest BCUT2D eigenvalue weighted by atomic mass is 10.1. The molecule has 4 rings (SSSR count). The zero-order chi connectivity index (χ0) is 22.0. The second-order valence-corrected chi connectivity index (χ2v) is 8.69. The Morgan fingerprint density at radius 3 is 2.68 bits per heavy atom. The molecule has 1 fully saturated rings. The van der Waals surface area contributed by atoms with Crippen molar-refractivity contribution in [2.45, 2.75) is 38.0 Å². The Morgan fingerprint density at radius 2 is 1.94 bits per heavy atom. The van der Waals surface area contributed by atoms with Gasteiger partial charge in [-0.25, -0.2) is 4.98 Å². The van der Waals surface area contributed by atoms with Gasteiger partial charge < -0.3 is 15.3 Å². The highest BCUT2D eigenvalue weighted by atomic mass is 32.1. The number of rotatable bonds is 5. The SMILES string of the molecule is O=C(CCc1nc2cc(C(F)(F)F)ccc2s1)Nc1ccccc1N1CCC(O)CC1. The van der Waals surface area contributed by atoms with Crippen molar-refractivity contribution in [3.63, 3.8) is 0 Å². The average molecular weight is 449 g/mol. The zero-order valence-electron chi connectivity index (χ0n) is 16.7. The number of para-hydroxylation sites is 2. The molecule has 0 aliphatic carbocycles. The lowest BCUT2D eigenvalue weighted by molar-refractivity contribution is -0.137. The zero-order valence-corrected chi connectivity index (χ0v) is 17.5. The molecule has 5 nitrogen and oxygen atoms in total. The topological polar surface area (TPSA) is 65.5 Å². The number of aryl methyl sites for hydroxylation is 1. The molecule has 0 radical (unpaired) electrons. The van der Waals surface area contributed by atoms with Crippen LogP contribution in [0, 0.1) is 0 Å². The van der Waals surface area contributed by atoms with Crippen LogP contribution in [-0.2, 0) is 17.4 Å². The fourth-order valence-corrected chi connectivity index (χ4v) is 4.60. The van der Waals surface area contributed by atoms with E-state index < -0.39 is 11.7 Å². The minimum absolute atomic E-state index is 0.180. The van der Waals surface area contributed by atoms with Gasteiger partial charge in [0.25, 0.3) is 0 Å². The van der Waals surface area contributed by atoms with Gasteiger partial charge >= 0.3 is 6.18 Å². The fourth-order valence-electron chi connectivity index (χ4n) is 3.65. The summed E-state index contributed by atoms with van der Waals surface area (Å²) in [5.41, 5.74) is 1.20. The highest BCUT2D eigenvalue weighted by Crippen LogP contribution is 2.33. The van der Waals surface area contributed by atoms with E-state index in [1.54, 1.807) is 0 Å². The maximum atomic E-state index is 12.9. The van der Waals surface area contributed by atoms with Crippen LogP contribution in [0.25, 0.3) is 10.2 Å². The largest absolute Gasteiger partial charge is 0.416 e. The summed E-state index contributed by atoms with van der Waals surface area (Å²) in [5, 5.41) is 13.3. The Bertz CT molecular complexity index is 1080. The van der Waals surface area contributed by atoms with Crippen LogP contribution in [0.3, 0.4) is 0 Å². The number of hydrogen-bond acceptors (Lipinski definition) is 5. The first-order valence-corrected chi connectivity index (χ1v) is 10.9. The quantitative estimate of drug-likeness (QED) is 0.585. The van der Waals surface area contributed by atoms with Crippen LogP contribution >= 0.6 is 11.3 Å². The van der Waals surface area contributed by atoms with Crippen LogP contribution in [-0.4, -0.2) is 35.2 Å². The van der Waals surface area contributed by atoms with Gasteiger partial charge in [0, 0.05) is 25.9 Å². The number of alkyl halides is 3. The monoisotopic (exact) mass is 449 g/mol. The summed E-state index contributed by atoms with van der Waals surface area (Å²) in [6.45, 7) is 1.44. The Kier molecular flexibility index (Phi) is 6.15. The summed E-state index contributed by atoms with van der Waals surface area (Å²) >= 11 is 1.30. The molecule has 2 aromatic carbocycles. The number of piperidine rings is 1. The molecule has 0 spiro atoms. The van der Waals surface area contributed by atoms with Crippen molar-refractivity contribution in [1.82, 2.24) is 4.98 Å². The van der Waals surface area contributed by atoms with E-state index >= 15 is 0 Å². The van der Waals surface area contributed by atoms with Crippen LogP contribution in [0.15, 0.2) is 42.5 Å². The number of hydrogen-bond donors (Lipinski definition) is 2. The number of thiazole rings is 1. The molecule has 31 heavy (non-hydrogen) atoms. The van der Waals surface area contributed by atoms with E-state index in [1.807, 2.05) is 24.3 Å². The third-order valence-electron chi connectivity index (χ3n) is 5.31. The van der Waals surface area contributed by atoms with E-state index in [-0.39, 0.29) is 18.4 Å². The molecule has 0 unspecified atom stereocenters. The second-order valence-electron chi connectivity index (χ2n) is 7.57. The number of halogens is 3. The number of nitrogens with zero attached hydrogens (tertiary/aromatic N) is 2. The molecular weight excluding hydrogens is 427 g/mol. The lowest BCUT2D eigenvalue weighted by Gasteiger charge is -2.32. The van der Waals surface area contributed by atoms with E-state index in [0.717, 1.165) is 30.9 Å². The highest BCUT2D eigenvalue weighted by molar-refractivity contribution is 7.18. The number of aliphatic hydroxyl groups is 1. The average Bonchev–Trinajstić information content (AvgIpc) is 3.15. The Hall–Kier alpha value is -2.65. The Morgan fingerprint density at radius 1 is 1.19 bits per heavy atom. The van der Waals surface area contributed by atoms with Crippen molar-refractivity contribution < 1.29 is 23.1 Å². The van der Waals surface area contributed by atoms with E-state index in [0.29, 0.717) is 40.2 Å². The van der Waals surface area contributed by atoms with Gasteiger partial charge in [-0.1, -0.05) is 12.1 Å². The van der Waals surface area contributed by atoms with Crippen molar-refractivity contribution in [3.05, 3.63) is 53.0 Å². The summed E-state index contributed by atoms with van der Waals surface area (Å²) < 4.78 is 39.3. The minimum Gasteiger partial charge on any atom is -0.393 e. The van der Waals surface area contributed by atoms with Crippen LogP contribution in [0.2, 0.25) is 0 Å². The molecule has 1 aromatic heterocycles. The molecule has 2 N–H and O–H groups in total. The molecular formula is C22H22F3N3O2S. The van der Waals surface area contributed by atoms with Gasteiger partial charge in [-0.2, -0.15) is 13.2 Å². The van der Waals surface area contributed by atoms with Crippen molar-refractivity contribution in [2.75, 3.05) is 23.3 Å². The van der Waals surface area contributed by atoms with E-state index in [9.17, 15) is 23.1 Å². The van der Waals surface area contributed by atoms with E-state index in [1.165, 1.54) is 17.4 Å². The molecule has 164 valence electrons. The molecule has 0 saturated carbocycles. The number of carbonyl (C=O) groups excluding carboxylic acids is 1. The number of aliphatic hydroxyl groups excluding tert-OH is 1. The third kappa shape index (κ3) is 5.16. The Balaban J connectivity index is 1.40. The predicted octanol–water partition coefficient (Wildman–Crippen LogP) is 4.85. The number of nitrogens with one attached hydrogen (secondary N) is 1. The van der Waals surface area contributed by atoms with Crippen LogP contribution in [0.4, 0.5) is 24.5 Å². The highest BCUT2D eigenvalue weighted by Gasteiger charge is 2.30. The number of benzene rings is 2. The summed E-state index contributed by atoms with van der Waals surface area (Å²) in [6, 6.07) is 11.1. The molecule has 1 aliphatic rings. The van der Waals surface area contributed by atoms with Crippen molar-refractivity contribution in [1.29, 1.82) is 0 Å². The molecule has 1 aliphatic heterocycles. The molecule has 1 amide bonds. The normalized spacial score (nSPS) is 15.4. The van der Waals surface area contributed by atoms with Crippen LogP contribution in [0.5, 0.6) is 0 Å². The molecule has 1 saturated heterocycles. The van der Waals surface area contributed by atoms with Gasteiger partial charge in [-0.15, -0.1) is 11.3 Å². The number of anilines is 2. The van der Waals surface area contributed by atoms with Crippen LogP contribution < -0.4 is 10.2 Å². The Labute approximate surface area is 181 Å². The van der Waals surface area contributed by atoms with Gasteiger partial charge in [0.15, 0.2) is 0 Å². The minimum atomic E-state index is -4.41. The maximum absolute atomic E-state index is 12.9. The number of fused-ring (bicyclic) bond motifs is 1. The molecule has 0 bridgehead atoms. The summed E-state index contributed by atoms with van der Waals surface area (Å²) in [6.07, 6.45) is -2.77. The number of amides is 1. The maximum Gasteiger partial charge on any atom is 0.416 e. The summed E-state index contributed by atoms with van der Waals surface area (Å²) in [5.74, 6) is -0.181. The summed E-state index contributed by atoms with van der Waals surface area (Å²) in [4.78, 5) is 18.9.